The summed E-state index contributed by atoms with van der Waals surface area (Å²) in [5.41, 5.74) is 3.26. The molecule has 160 valence electrons. The van der Waals surface area contributed by atoms with Gasteiger partial charge in [-0.3, -0.25) is 9.97 Å². The number of rotatable bonds is 6. The Morgan fingerprint density at radius 3 is 2.66 bits per heavy atom. The highest BCUT2D eigenvalue weighted by molar-refractivity contribution is 7.99. The van der Waals surface area contributed by atoms with Gasteiger partial charge in [-0.15, -0.1) is 0 Å². The fraction of sp³-hybridized carbons (Fsp3) is 0.160. The van der Waals surface area contributed by atoms with E-state index in [0.717, 1.165) is 27.0 Å². The Kier molecular flexibility index (Phi) is 5.92. The van der Waals surface area contributed by atoms with Crippen LogP contribution in [-0.4, -0.2) is 20.0 Å². The van der Waals surface area contributed by atoms with Crippen molar-refractivity contribution in [2.75, 3.05) is 0 Å². The molecule has 4 aromatic rings. The Morgan fingerprint density at radius 2 is 1.91 bits per heavy atom. The van der Waals surface area contributed by atoms with E-state index in [1.54, 1.807) is 18.0 Å². The first-order valence-electron chi connectivity index (χ1n) is 10.4. The molecule has 0 spiro atoms. The molecule has 0 unspecified atom stereocenters. The van der Waals surface area contributed by atoms with Crippen molar-refractivity contribution in [2.45, 2.75) is 35.5 Å². The van der Waals surface area contributed by atoms with Crippen LogP contribution in [0.5, 0.6) is 0 Å². The first-order chi connectivity index (χ1) is 15.7. The summed E-state index contributed by atoms with van der Waals surface area (Å²) < 4.78 is 6.35. The zero-order valence-corrected chi connectivity index (χ0v) is 19.1. The maximum absolute atomic E-state index is 6.35. The lowest BCUT2D eigenvalue weighted by atomic mass is 10.0. The topological polar surface area (TPSA) is 54.2 Å². The molecule has 5 nitrogen and oxygen atoms in total. The zero-order chi connectivity index (χ0) is 21.9. The normalized spacial score (nSPS) is 18.0. The summed E-state index contributed by atoms with van der Waals surface area (Å²) in [5, 5.41) is 4.99. The molecular formula is C25H22N4OS2. The predicted octanol–water partition coefficient (Wildman–Crippen LogP) is 5.70. The monoisotopic (exact) mass is 458 g/mol. The molecule has 32 heavy (non-hydrogen) atoms. The number of furan rings is 1. The molecule has 1 aliphatic heterocycles. The second-order valence-corrected chi connectivity index (χ2v) is 9.15. The van der Waals surface area contributed by atoms with Gasteiger partial charge < -0.3 is 14.6 Å². The zero-order valence-electron chi connectivity index (χ0n) is 17.5. The second kappa shape index (κ2) is 9.14. The number of hydrogen-bond acceptors (Lipinski definition) is 5. The molecule has 0 saturated carbocycles. The number of nitrogens with one attached hydrogen (secondary N) is 1. The molecule has 7 heteroatoms. The number of benzene rings is 1. The lowest BCUT2D eigenvalue weighted by Gasteiger charge is -2.26. The molecular weight excluding hydrogens is 436 g/mol. The van der Waals surface area contributed by atoms with Gasteiger partial charge in [-0.1, -0.05) is 41.6 Å². The van der Waals surface area contributed by atoms with E-state index in [0.29, 0.717) is 11.7 Å². The van der Waals surface area contributed by atoms with Crippen LogP contribution in [0.4, 0.5) is 0 Å². The third-order valence-corrected chi connectivity index (χ3v) is 6.69. The highest BCUT2D eigenvalue weighted by Gasteiger charge is 2.41. The van der Waals surface area contributed by atoms with Gasteiger partial charge in [0.15, 0.2) is 10.2 Å². The van der Waals surface area contributed by atoms with Crippen LogP contribution in [0.3, 0.4) is 0 Å². The van der Waals surface area contributed by atoms with E-state index >= 15 is 0 Å². The summed E-state index contributed by atoms with van der Waals surface area (Å²) in [6, 6.07) is 22.2. The number of hydrogen-bond donors (Lipinski definition) is 1. The smallest absolute Gasteiger partial charge is 0.170 e. The van der Waals surface area contributed by atoms with Crippen molar-refractivity contribution >= 4 is 29.1 Å². The Balaban J connectivity index is 1.47. The SMILES string of the molecule is Cc1ccc(Sc2ccc([C@H]3[C@H](c4ccccn4)NC(=S)N3Cc3cccnc3)o2)cc1. The van der Waals surface area contributed by atoms with Gasteiger partial charge >= 0.3 is 0 Å². The Morgan fingerprint density at radius 1 is 1.03 bits per heavy atom. The molecule has 1 fully saturated rings. The quantitative estimate of drug-likeness (QED) is 0.372. The fourth-order valence-electron chi connectivity index (χ4n) is 3.84. The maximum Gasteiger partial charge on any atom is 0.170 e. The minimum Gasteiger partial charge on any atom is -0.452 e. The number of pyridine rings is 2. The van der Waals surface area contributed by atoms with E-state index in [4.69, 9.17) is 16.6 Å². The number of aromatic nitrogens is 2. The minimum absolute atomic E-state index is 0.108. The molecule has 0 amide bonds. The largest absolute Gasteiger partial charge is 0.452 e. The molecule has 5 rings (SSSR count). The standard InChI is InChI=1S/C25H22N4OS2/c1-17-7-9-19(10-8-17)32-22-12-11-21(30-22)24-23(20-6-2-3-14-27-20)28-25(31)29(24)16-18-5-4-13-26-15-18/h2-15,23-24H,16H2,1H3,(H,28,31)/t23-,24-/m0/s1. The summed E-state index contributed by atoms with van der Waals surface area (Å²) in [5.74, 6) is 0.853. The maximum atomic E-state index is 6.35. The molecule has 3 aromatic heterocycles. The first-order valence-corrected chi connectivity index (χ1v) is 11.6. The Bertz CT molecular complexity index is 1200. The van der Waals surface area contributed by atoms with Crippen molar-refractivity contribution in [2.24, 2.45) is 0 Å². The van der Waals surface area contributed by atoms with Crippen LogP contribution in [0.25, 0.3) is 0 Å². The van der Waals surface area contributed by atoms with Crippen molar-refractivity contribution in [1.82, 2.24) is 20.2 Å². The van der Waals surface area contributed by atoms with E-state index in [9.17, 15) is 0 Å². The third-order valence-electron chi connectivity index (χ3n) is 5.41. The van der Waals surface area contributed by atoms with Crippen molar-refractivity contribution in [3.63, 3.8) is 0 Å². The Labute approximate surface area is 196 Å². The van der Waals surface area contributed by atoms with Gasteiger partial charge in [-0.25, -0.2) is 0 Å². The lowest BCUT2D eigenvalue weighted by molar-refractivity contribution is 0.254. The molecule has 0 aliphatic carbocycles. The van der Waals surface area contributed by atoms with Crippen molar-refractivity contribution in [3.8, 4) is 0 Å². The van der Waals surface area contributed by atoms with E-state index in [2.05, 4.69) is 57.4 Å². The van der Waals surface area contributed by atoms with Gasteiger partial charge in [0.1, 0.15) is 11.8 Å². The van der Waals surface area contributed by atoms with Gasteiger partial charge in [0, 0.05) is 30.0 Å². The molecule has 1 aromatic carbocycles. The van der Waals surface area contributed by atoms with Crippen LogP contribution in [0.2, 0.25) is 0 Å². The van der Waals surface area contributed by atoms with Gasteiger partial charge in [0.25, 0.3) is 0 Å². The molecule has 2 atom stereocenters. The van der Waals surface area contributed by atoms with Crippen LogP contribution in [0.1, 0.15) is 34.7 Å². The van der Waals surface area contributed by atoms with Crippen molar-refractivity contribution in [1.29, 1.82) is 0 Å². The minimum atomic E-state index is -0.120. The highest BCUT2D eigenvalue weighted by atomic mass is 32.2. The van der Waals surface area contributed by atoms with Crippen LogP contribution >= 0.6 is 24.0 Å². The average molecular weight is 459 g/mol. The van der Waals surface area contributed by atoms with E-state index < -0.39 is 0 Å². The lowest BCUT2D eigenvalue weighted by Crippen LogP contribution is -2.29. The van der Waals surface area contributed by atoms with Crippen LogP contribution in [-0.2, 0) is 6.54 Å². The number of thiocarbonyl (C=S) groups is 1. The predicted molar refractivity (Wildman–Crippen MR) is 129 cm³/mol. The summed E-state index contributed by atoms with van der Waals surface area (Å²) in [4.78, 5) is 12.1. The van der Waals surface area contributed by atoms with Crippen LogP contribution in [0, 0.1) is 6.92 Å². The van der Waals surface area contributed by atoms with Crippen molar-refractivity contribution < 1.29 is 4.42 Å². The van der Waals surface area contributed by atoms with E-state index in [1.807, 2.05) is 48.8 Å². The van der Waals surface area contributed by atoms with Crippen molar-refractivity contribution in [3.05, 3.63) is 108 Å². The summed E-state index contributed by atoms with van der Waals surface area (Å²) >= 11 is 7.35. The van der Waals surface area contributed by atoms with Crippen LogP contribution in [0.15, 0.2) is 99.7 Å². The number of nitrogens with zero attached hydrogens (tertiary/aromatic N) is 3. The highest BCUT2D eigenvalue weighted by Crippen LogP contribution is 2.41. The number of aryl methyl sites for hydroxylation is 1. The third kappa shape index (κ3) is 4.40. The molecule has 0 bridgehead atoms. The average Bonchev–Trinajstić information content (AvgIpc) is 3.41. The van der Waals surface area contributed by atoms with Gasteiger partial charge in [0.05, 0.1) is 11.7 Å². The van der Waals surface area contributed by atoms with E-state index in [-0.39, 0.29) is 12.1 Å². The summed E-state index contributed by atoms with van der Waals surface area (Å²) in [6.07, 6.45) is 5.45. The molecule has 1 N–H and O–H groups in total. The van der Waals surface area contributed by atoms with Gasteiger partial charge in [-0.05, 0) is 67.2 Å². The fourth-order valence-corrected chi connectivity index (χ4v) is 4.93. The Hall–Kier alpha value is -3.16. The summed E-state index contributed by atoms with van der Waals surface area (Å²) in [7, 11) is 0. The van der Waals surface area contributed by atoms with Gasteiger partial charge in [0.2, 0.25) is 0 Å². The molecule has 0 radical (unpaired) electrons. The molecule has 1 aliphatic rings. The second-order valence-electron chi connectivity index (χ2n) is 7.69. The van der Waals surface area contributed by atoms with E-state index in [1.165, 1.54) is 5.56 Å². The van der Waals surface area contributed by atoms with Crippen LogP contribution < -0.4 is 5.32 Å². The summed E-state index contributed by atoms with van der Waals surface area (Å²) in [6.45, 7) is 2.72. The first kappa shape index (κ1) is 20.7. The molecule has 4 heterocycles. The molecule has 1 saturated heterocycles. The van der Waals surface area contributed by atoms with Gasteiger partial charge in [-0.2, -0.15) is 0 Å².